The Bertz CT molecular complexity index is 1390. The van der Waals surface area contributed by atoms with Gasteiger partial charge in [-0.25, -0.2) is 0 Å². The molecule has 5 heteroatoms. The predicted molar refractivity (Wildman–Crippen MR) is 176 cm³/mol. The van der Waals surface area contributed by atoms with Crippen molar-refractivity contribution in [1.29, 1.82) is 0 Å². The first-order valence-electron chi connectivity index (χ1n) is 14.7. The monoisotopic (exact) mass is 675 g/mol. The molecule has 0 spiro atoms. The molecule has 0 atom stereocenters. The summed E-state index contributed by atoms with van der Waals surface area (Å²) in [4.78, 5) is 5.05. The normalized spacial score (nSPS) is 17.4. The molecule has 1 aliphatic rings. The zero-order chi connectivity index (χ0) is 30.2. The number of hydrogen-bond donors (Lipinski definition) is 1. The molecule has 1 fully saturated rings. The summed E-state index contributed by atoms with van der Waals surface area (Å²) in [5.74, 6) is 1.06. The zero-order valence-corrected chi connectivity index (χ0v) is 29.0. The Morgan fingerprint density at radius 2 is 1.19 bits per heavy atom. The molecule has 0 heterocycles. The van der Waals surface area contributed by atoms with E-state index in [0.29, 0.717) is 17.2 Å². The maximum atomic E-state index is 11.9. The van der Waals surface area contributed by atoms with Gasteiger partial charge in [0.1, 0.15) is 5.75 Å². The van der Waals surface area contributed by atoms with Crippen LogP contribution in [0.5, 0.6) is 5.75 Å². The topological polar surface area (TPSA) is 32.6 Å². The Morgan fingerprint density at radius 1 is 0.714 bits per heavy atom. The summed E-state index contributed by atoms with van der Waals surface area (Å²) in [6.45, 7) is 9.28. The van der Waals surface area contributed by atoms with Crippen molar-refractivity contribution in [3.63, 3.8) is 0 Å². The van der Waals surface area contributed by atoms with E-state index in [2.05, 4.69) is 113 Å². The molecule has 1 N–H and O–H groups in total. The Labute approximate surface area is 270 Å². The van der Waals surface area contributed by atoms with Gasteiger partial charge in [0.25, 0.3) is 0 Å². The van der Waals surface area contributed by atoms with Crippen LogP contribution in [0.1, 0.15) is 75.6 Å². The van der Waals surface area contributed by atoms with Gasteiger partial charge in [-0.3, -0.25) is 4.99 Å². The Balaban J connectivity index is 0.00000129. The molecule has 0 unspecified atom stereocenters. The number of benzene rings is 4. The Morgan fingerprint density at radius 3 is 1.67 bits per heavy atom. The third-order valence-electron chi connectivity index (χ3n) is 8.83. The van der Waals surface area contributed by atoms with Crippen LogP contribution in [0.4, 0.5) is 0 Å². The number of aromatic hydroxyl groups is 1. The van der Waals surface area contributed by atoms with E-state index < -0.39 is 26.3 Å². The summed E-state index contributed by atoms with van der Waals surface area (Å²) in [5, 5.41) is 11.9. The second-order valence-corrected chi connectivity index (χ2v) is 16.1. The summed E-state index contributed by atoms with van der Waals surface area (Å²) in [6, 6.07) is 36.0. The molecule has 2 nitrogen and oxygen atoms in total. The van der Waals surface area contributed by atoms with Gasteiger partial charge in [-0.2, -0.15) is 0 Å². The number of phenols is 1. The van der Waals surface area contributed by atoms with Crippen LogP contribution in [0, 0.1) is 11.3 Å². The van der Waals surface area contributed by atoms with Crippen LogP contribution in [-0.4, -0.2) is 17.4 Å². The van der Waals surface area contributed by atoms with Crippen LogP contribution in [-0.2, 0) is 26.3 Å². The molecule has 0 aliphatic heterocycles. The van der Waals surface area contributed by atoms with E-state index >= 15 is 0 Å². The van der Waals surface area contributed by atoms with Crippen molar-refractivity contribution in [3.8, 4) is 16.9 Å². The van der Waals surface area contributed by atoms with Crippen LogP contribution in [0.15, 0.2) is 108 Å². The molecule has 0 aromatic heterocycles. The number of phenolic OH excluding ortho intramolecular Hbond substituents is 1. The maximum absolute atomic E-state index is 11.9. The van der Waals surface area contributed by atoms with Gasteiger partial charge >= 0.3 is 37.9 Å². The molecule has 1 aliphatic carbocycles. The molecule has 0 saturated heterocycles. The zero-order valence-electron chi connectivity index (χ0n) is 25.0. The second kappa shape index (κ2) is 15.0. The van der Waals surface area contributed by atoms with E-state index in [9.17, 15) is 5.11 Å². The van der Waals surface area contributed by atoms with Gasteiger partial charge in [0.2, 0.25) is 0 Å². The minimum absolute atomic E-state index is 0.303. The van der Waals surface area contributed by atoms with Gasteiger partial charge in [-0.05, 0) is 78.3 Å². The van der Waals surface area contributed by atoms with E-state index in [-0.39, 0.29) is 0 Å². The van der Waals surface area contributed by atoms with Crippen LogP contribution < -0.4 is 0 Å². The summed E-state index contributed by atoms with van der Waals surface area (Å²) in [6.07, 6.45) is 6.58. The molecule has 0 radical (unpaired) electrons. The summed E-state index contributed by atoms with van der Waals surface area (Å²) >= 11 is -0.826. The van der Waals surface area contributed by atoms with Crippen molar-refractivity contribution in [2.24, 2.45) is 16.3 Å². The minimum atomic E-state index is -0.826. The van der Waals surface area contributed by atoms with Crippen molar-refractivity contribution < 1.29 is 26.0 Å². The van der Waals surface area contributed by atoms with Crippen molar-refractivity contribution >= 4 is 23.2 Å². The standard InChI is InChI=1S/C37H41NO.2ClH.Zr/c1-36(2,3)30-20-22-33(23-21-30)38-26-29-24-28(27-14-8-5-9-15-27)25-34(35(29)39)37(4,31-16-10-6-11-17-31)32-18-12-7-13-19-32;;;/h5-19,24-26,30,33,39H,20-23H2,1-4H3;2*1H;/q;;;+2/p-2. The molecular formula is C37H41Cl2NOZr. The van der Waals surface area contributed by atoms with Gasteiger partial charge in [0.15, 0.2) is 0 Å². The number of nitrogens with zero attached hydrogens (tertiary/aromatic N) is 1. The Hall–Kier alpha value is -2.19. The SMILES string of the molecule is CC(c1ccccc1)(c1ccccc1)c1cc(-c2ccccc2)cc(C=NC2CCC(C(C)(C)C)CC2)c1O.[Cl][Zr][Cl]. The van der Waals surface area contributed by atoms with E-state index in [1.54, 1.807) is 0 Å². The summed E-state index contributed by atoms with van der Waals surface area (Å²) in [7, 11) is 9.87. The van der Waals surface area contributed by atoms with E-state index in [4.69, 9.17) is 22.0 Å². The molecule has 0 amide bonds. The van der Waals surface area contributed by atoms with E-state index in [1.165, 1.54) is 12.8 Å². The molecule has 4 aromatic carbocycles. The van der Waals surface area contributed by atoms with Crippen molar-refractivity contribution in [1.82, 2.24) is 0 Å². The second-order valence-electron chi connectivity index (χ2n) is 12.4. The van der Waals surface area contributed by atoms with Crippen molar-refractivity contribution in [2.75, 3.05) is 0 Å². The Kier molecular flexibility index (Phi) is 11.7. The van der Waals surface area contributed by atoms with E-state index in [1.807, 2.05) is 24.4 Å². The number of rotatable bonds is 6. The third-order valence-corrected chi connectivity index (χ3v) is 8.83. The molecule has 1 saturated carbocycles. The molecule has 218 valence electrons. The summed E-state index contributed by atoms with van der Waals surface area (Å²) < 4.78 is 0. The van der Waals surface area contributed by atoms with Crippen molar-refractivity contribution in [3.05, 3.63) is 125 Å². The number of aliphatic imine (C=N–C) groups is 1. The van der Waals surface area contributed by atoms with Gasteiger partial charge in [-0.15, -0.1) is 0 Å². The average molecular weight is 678 g/mol. The van der Waals surface area contributed by atoms with Crippen LogP contribution in [0.2, 0.25) is 0 Å². The first-order chi connectivity index (χ1) is 20.2. The van der Waals surface area contributed by atoms with Gasteiger partial charge in [0.05, 0.1) is 0 Å². The quantitative estimate of drug-likeness (QED) is 0.160. The molecular weight excluding hydrogens is 637 g/mol. The van der Waals surface area contributed by atoms with Crippen LogP contribution >= 0.6 is 17.0 Å². The first kappa shape index (κ1) is 32.7. The first-order valence-corrected chi connectivity index (χ1v) is 21.0. The molecule has 4 aromatic rings. The molecule has 5 rings (SSSR count). The number of halogens is 2. The fourth-order valence-electron chi connectivity index (χ4n) is 6.23. The molecule has 42 heavy (non-hydrogen) atoms. The van der Waals surface area contributed by atoms with Crippen LogP contribution in [0.25, 0.3) is 11.1 Å². The van der Waals surface area contributed by atoms with Gasteiger partial charge < -0.3 is 5.11 Å². The van der Waals surface area contributed by atoms with Crippen LogP contribution in [0.3, 0.4) is 0 Å². The predicted octanol–water partition coefficient (Wildman–Crippen LogP) is 10.8. The average Bonchev–Trinajstić information content (AvgIpc) is 3.01. The fraction of sp³-hybridized carbons (Fsp3) is 0.324. The van der Waals surface area contributed by atoms with Gasteiger partial charge in [0, 0.05) is 28.8 Å². The fourth-order valence-corrected chi connectivity index (χ4v) is 6.23. The molecule has 0 bridgehead atoms. The summed E-state index contributed by atoms with van der Waals surface area (Å²) in [5.41, 5.74) is 5.96. The van der Waals surface area contributed by atoms with E-state index in [0.717, 1.165) is 52.1 Å². The number of hydrogen-bond acceptors (Lipinski definition) is 2. The van der Waals surface area contributed by atoms with Crippen molar-refractivity contribution in [2.45, 2.75) is 64.8 Å². The van der Waals surface area contributed by atoms with Gasteiger partial charge in [-0.1, -0.05) is 112 Å². The third kappa shape index (κ3) is 7.85.